The van der Waals surface area contributed by atoms with Gasteiger partial charge in [-0.05, 0) is 32.8 Å². The lowest BCUT2D eigenvalue weighted by atomic mass is 10.2. The quantitative estimate of drug-likeness (QED) is 0.327. The zero-order valence-corrected chi connectivity index (χ0v) is 16.0. The topological polar surface area (TPSA) is 103 Å². The van der Waals surface area contributed by atoms with Gasteiger partial charge in [-0.2, -0.15) is 0 Å². The first-order valence-electron chi connectivity index (χ1n) is 8.44. The molecule has 0 saturated heterocycles. The fraction of sp³-hybridized carbons (Fsp3) is 0.421. The lowest BCUT2D eigenvalue weighted by molar-refractivity contribution is -0.136. The zero-order valence-electron chi connectivity index (χ0n) is 16.0. The predicted molar refractivity (Wildman–Crippen MR) is 98.7 cm³/mol. The molecule has 0 aliphatic heterocycles. The van der Waals surface area contributed by atoms with Crippen LogP contribution in [0.3, 0.4) is 0 Å². The molecule has 8 nitrogen and oxygen atoms in total. The Morgan fingerprint density at radius 2 is 1.74 bits per heavy atom. The third-order valence-electron chi connectivity index (χ3n) is 3.02. The third kappa shape index (κ3) is 9.88. The van der Waals surface area contributed by atoms with E-state index in [9.17, 15) is 14.4 Å². The Hall–Kier alpha value is -3.03. The molecule has 0 aliphatic rings. The van der Waals surface area contributed by atoms with Crippen molar-refractivity contribution in [2.45, 2.75) is 39.4 Å². The molecule has 27 heavy (non-hydrogen) atoms. The van der Waals surface area contributed by atoms with Crippen molar-refractivity contribution in [2.24, 2.45) is 0 Å². The minimum Gasteiger partial charge on any atom is -0.464 e. The molecule has 0 aliphatic carbocycles. The van der Waals surface area contributed by atoms with Crippen molar-refractivity contribution in [1.82, 2.24) is 10.6 Å². The summed E-state index contributed by atoms with van der Waals surface area (Å²) in [5.74, 6) is -0.719. The predicted octanol–water partition coefficient (Wildman–Crippen LogP) is 2.88. The number of rotatable bonds is 7. The highest BCUT2D eigenvalue weighted by Gasteiger charge is 2.16. The van der Waals surface area contributed by atoms with Crippen molar-refractivity contribution in [2.75, 3.05) is 13.7 Å². The van der Waals surface area contributed by atoms with Crippen molar-refractivity contribution >= 4 is 18.2 Å². The molecule has 0 bridgehead atoms. The molecule has 0 radical (unpaired) electrons. The summed E-state index contributed by atoms with van der Waals surface area (Å²) >= 11 is 0. The van der Waals surface area contributed by atoms with Crippen LogP contribution in [0.15, 0.2) is 42.1 Å². The van der Waals surface area contributed by atoms with Gasteiger partial charge in [0.1, 0.15) is 17.9 Å². The van der Waals surface area contributed by atoms with Gasteiger partial charge in [-0.25, -0.2) is 14.4 Å². The third-order valence-corrected chi connectivity index (χ3v) is 3.02. The summed E-state index contributed by atoms with van der Waals surface area (Å²) in [5.41, 5.74) is 0.153. The van der Waals surface area contributed by atoms with Crippen LogP contribution in [-0.4, -0.2) is 37.4 Å². The minimum atomic E-state index is -0.782. The standard InChI is InChI=1S/C19H26N2O6/c1-19(2,3)27-17(23)20-12-8-11-15(16(22)25-4)21-18(24)26-13-14-9-6-5-7-10-14/h5-7,9-11H,8,12-13H2,1-4H3,(H,20,23)(H,21,24)/b15-11-. The molecule has 0 unspecified atom stereocenters. The molecule has 2 amide bonds. The summed E-state index contributed by atoms with van der Waals surface area (Å²) in [6, 6.07) is 9.13. The molecule has 1 aromatic carbocycles. The van der Waals surface area contributed by atoms with Gasteiger partial charge < -0.3 is 19.5 Å². The van der Waals surface area contributed by atoms with Crippen LogP contribution in [0.25, 0.3) is 0 Å². The molecule has 0 fully saturated rings. The maximum Gasteiger partial charge on any atom is 0.412 e. The number of hydrogen-bond donors (Lipinski definition) is 2. The summed E-state index contributed by atoms with van der Waals surface area (Å²) in [6.07, 6.45) is 0.372. The van der Waals surface area contributed by atoms with Crippen LogP contribution in [0.2, 0.25) is 0 Å². The maximum absolute atomic E-state index is 11.9. The number of amides is 2. The van der Waals surface area contributed by atoms with E-state index >= 15 is 0 Å². The summed E-state index contributed by atoms with van der Waals surface area (Å²) in [7, 11) is 1.20. The van der Waals surface area contributed by atoms with Gasteiger partial charge in [0.05, 0.1) is 7.11 Å². The van der Waals surface area contributed by atoms with Crippen LogP contribution in [0, 0.1) is 0 Å². The Balaban J connectivity index is 2.49. The van der Waals surface area contributed by atoms with Crippen LogP contribution < -0.4 is 10.6 Å². The van der Waals surface area contributed by atoms with Crippen LogP contribution in [0.5, 0.6) is 0 Å². The maximum atomic E-state index is 11.9. The van der Waals surface area contributed by atoms with Crippen LogP contribution in [0.4, 0.5) is 9.59 Å². The number of esters is 1. The van der Waals surface area contributed by atoms with E-state index < -0.39 is 23.8 Å². The fourth-order valence-corrected chi connectivity index (χ4v) is 1.87. The summed E-state index contributed by atoms with van der Waals surface area (Å²) in [6.45, 7) is 5.56. The normalized spacial score (nSPS) is 11.3. The van der Waals surface area contributed by atoms with E-state index in [0.29, 0.717) is 0 Å². The van der Waals surface area contributed by atoms with E-state index in [2.05, 4.69) is 15.4 Å². The Labute approximate surface area is 158 Å². The second kappa shape index (κ2) is 10.8. The van der Waals surface area contributed by atoms with Gasteiger partial charge in [0, 0.05) is 6.54 Å². The average molecular weight is 378 g/mol. The second-order valence-corrected chi connectivity index (χ2v) is 6.51. The number of benzene rings is 1. The van der Waals surface area contributed by atoms with Gasteiger partial charge in [-0.15, -0.1) is 0 Å². The molecular weight excluding hydrogens is 352 g/mol. The lowest BCUT2D eigenvalue weighted by Crippen LogP contribution is -2.33. The highest BCUT2D eigenvalue weighted by atomic mass is 16.6. The molecule has 0 heterocycles. The van der Waals surface area contributed by atoms with Crippen molar-refractivity contribution < 1.29 is 28.6 Å². The molecule has 2 N–H and O–H groups in total. The highest BCUT2D eigenvalue weighted by Crippen LogP contribution is 2.06. The first-order valence-corrected chi connectivity index (χ1v) is 8.44. The van der Waals surface area contributed by atoms with E-state index in [1.807, 2.05) is 30.3 Å². The molecular formula is C19H26N2O6. The number of ether oxygens (including phenoxy) is 3. The molecule has 148 valence electrons. The molecule has 0 atom stereocenters. The highest BCUT2D eigenvalue weighted by molar-refractivity contribution is 5.92. The van der Waals surface area contributed by atoms with Gasteiger partial charge in [0.25, 0.3) is 0 Å². The second-order valence-electron chi connectivity index (χ2n) is 6.51. The Kier molecular flexibility index (Phi) is 8.84. The molecule has 8 heteroatoms. The fourth-order valence-electron chi connectivity index (χ4n) is 1.87. The van der Waals surface area contributed by atoms with E-state index in [1.165, 1.54) is 13.2 Å². The van der Waals surface area contributed by atoms with Gasteiger partial charge in [-0.1, -0.05) is 36.4 Å². The van der Waals surface area contributed by atoms with Crippen molar-refractivity contribution in [1.29, 1.82) is 0 Å². The largest absolute Gasteiger partial charge is 0.464 e. The van der Waals surface area contributed by atoms with Gasteiger partial charge in [-0.3, -0.25) is 5.32 Å². The van der Waals surface area contributed by atoms with Crippen LogP contribution in [-0.2, 0) is 25.6 Å². The number of carbonyl (C=O) groups excluding carboxylic acids is 3. The van der Waals surface area contributed by atoms with Gasteiger partial charge >= 0.3 is 18.2 Å². The first-order chi connectivity index (χ1) is 12.7. The molecule has 0 aromatic heterocycles. The number of methoxy groups -OCH3 is 1. The molecule has 1 rings (SSSR count). The van der Waals surface area contributed by atoms with E-state index in [4.69, 9.17) is 9.47 Å². The average Bonchev–Trinajstić information content (AvgIpc) is 2.61. The molecule has 0 saturated carbocycles. The van der Waals surface area contributed by atoms with Crippen molar-refractivity contribution in [3.8, 4) is 0 Å². The first kappa shape index (κ1) is 22.0. The van der Waals surface area contributed by atoms with Crippen LogP contribution in [0.1, 0.15) is 32.8 Å². The number of nitrogens with one attached hydrogen (secondary N) is 2. The number of carbonyl (C=O) groups is 3. The Morgan fingerprint density at radius 3 is 2.33 bits per heavy atom. The van der Waals surface area contributed by atoms with Crippen molar-refractivity contribution in [3.05, 3.63) is 47.7 Å². The zero-order chi connectivity index (χ0) is 20.3. The lowest BCUT2D eigenvalue weighted by Gasteiger charge is -2.19. The monoisotopic (exact) mass is 378 g/mol. The van der Waals surface area contributed by atoms with E-state index in [-0.39, 0.29) is 25.3 Å². The Morgan fingerprint density at radius 1 is 1.07 bits per heavy atom. The van der Waals surface area contributed by atoms with Crippen LogP contribution >= 0.6 is 0 Å². The van der Waals surface area contributed by atoms with E-state index in [1.54, 1.807) is 20.8 Å². The van der Waals surface area contributed by atoms with Gasteiger partial charge in [0.2, 0.25) is 0 Å². The van der Waals surface area contributed by atoms with E-state index in [0.717, 1.165) is 5.56 Å². The van der Waals surface area contributed by atoms with Crippen molar-refractivity contribution in [3.63, 3.8) is 0 Å². The smallest absolute Gasteiger partial charge is 0.412 e. The minimum absolute atomic E-state index is 0.0680. The number of hydrogen-bond acceptors (Lipinski definition) is 6. The summed E-state index contributed by atoms with van der Waals surface area (Å²) in [4.78, 5) is 35.2. The molecule has 0 spiro atoms. The molecule has 1 aromatic rings. The summed E-state index contributed by atoms with van der Waals surface area (Å²) < 4.78 is 14.8. The summed E-state index contributed by atoms with van der Waals surface area (Å²) in [5, 5.41) is 4.90. The Bertz CT molecular complexity index is 665. The SMILES string of the molecule is COC(=O)/C(=C/CCNC(=O)OC(C)(C)C)NC(=O)OCc1ccccc1. The van der Waals surface area contributed by atoms with Gasteiger partial charge in [0.15, 0.2) is 0 Å². The number of alkyl carbamates (subject to hydrolysis) is 2.